The topological polar surface area (TPSA) is 55.1 Å². The molecule has 0 aliphatic carbocycles. The van der Waals surface area contributed by atoms with Crippen LogP contribution in [0.5, 0.6) is 0 Å². The third-order valence-corrected chi connectivity index (χ3v) is 3.34. The number of rotatable bonds is 3. The van der Waals surface area contributed by atoms with Crippen LogP contribution in [-0.4, -0.2) is 11.1 Å². The van der Waals surface area contributed by atoms with Crippen molar-refractivity contribution in [3.8, 4) is 0 Å². The Kier molecular flexibility index (Phi) is 4.09. The number of aromatic nitrogens is 1. The molecule has 6 heteroatoms. The molecule has 106 valence electrons. The third-order valence-electron chi connectivity index (χ3n) is 3.05. The fraction of sp³-hybridized carbons (Fsp3) is 0.286. The van der Waals surface area contributed by atoms with Crippen molar-refractivity contribution < 1.29 is 13.7 Å². The van der Waals surface area contributed by atoms with Gasteiger partial charge in [0.05, 0.1) is 16.8 Å². The lowest BCUT2D eigenvalue weighted by Gasteiger charge is -2.14. The molecule has 1 atom stereocenters. The van der Waals surface area contributed by atoms with Crippen molar-refractivity contribution in [1.82, 2.24) is 10.5 Å². The van der Waals surface area contributed by atoms with E-state index in [0.717, 1.165) is 5.56 Å². The van der Waals surface area contributed by atoms with Crippen LogP contribution < -0.4 is 5.32 Å². The van der Waals surface area contributed by atoms with E-state index in [1.54, 1.807) is 26.8 Å². The molecule has 2 rings (SSSR count). The van der Waals surface area contributed by atoms with Crippen molar-refractivity contribution in [2.45, 2.75) is 26.8 Å². The molecule has 0 saturated heterocycles. The Balaban J connectivity index is 2.17. The highest BCUT2D eigenvalue weighted by Crippen LogP contribution is 2.21. The van der Waals surface area contributed by atoms with Gasteiger partial charge in [0.15, 0.2) is 0 Å². The standard InChI is InChI=1S/C14H14ClFN2O2/c1-7(10-4-5-12(16)11(15)6-10)17-14(19)13-8(2)18-20-9(13)3/h4-7H,1-3H3,(H,17,19). The number of carbonyl (C=O) groups excluding carboxylic acids is 1. The summed E-state index contributed by atoms with van der Waals surface area (Å²) in [6.07, 6.45) is 0. The summed E-state index contributed by atoms with van der Waals surface area (Å²) in [4.78, 5) is 12.2. The highest BCUT2D eigenvalue weighted by Gasteiger charge is 2.19. The van der Waals surface area contributed by atoms with Crippen molar-refractivity contribution >= 4 is 17.5 Å². The summed E-state index contributed by atoms with van der Waals surface area (Å²) >= 11 is 5.73. The minimum Gasteiger partial charge on any atom is -0.361 e. The molecule has 20 heavy (non-hydrogen) atoms. The van der Waals surface area contributed by atoms with Gasteiger partial charge in [-0.25, -0.2) is 4.39 Å². The van der Waals surface area contributed by atoms with Gasteiger partial charge in [-0.15, -0.1) is 0 Å². The number of hydrogen-bond acceptors (Lipinski definition) is 3. The molecule has 2 aromatic rings. The van der Waals surface area contributed by atoms with Gasteiger partial charge in [0, 0.05) is 0 Å². The van der Waals surface area contributed by atoms with E-state index in [2.05, 4.69) is 10.5 Å². The lowest BCUT2D eigenvalue weighted by Crippen LogP contribution is -2.27. The summed E-state index contributed by atoms with van der Waals surface area (Å²) in [6, 6.07) is 4.04. The van der Waals surface area contributed by atoms with Crippen LogP contribution >= 0.6 is 11.6 Å². The second-order valence-corrected chi connectivity index (χ2v) is 4.98. The first-order chi connectivity index (χ1) is 9.40. The van der Waals surface area contributed by atoms with Crippen LogP contribution in [0.15, 0.2) is 22.7 Å². The minimum atomic E-state index is -0.486. The molecule has 0 aliphatic rings. The van der Waals surface area contributed by atoms with E-state index in [1.807, 2.05) is 0 Å². The van der Waals surface area contributed by atoms with Crippen LogP contribution in [0.1, 0.15) is 40.3 Å². The number of hydrogen-bond donors (Lipinski definition) is 1. The normalized spacial score (nSPS) is 12.2. The first-order valence-electron chi connectivity index (χ1n) is 6.09. The molecule has 1 amide bonds. The molecule has 0 fully saturated rings. The first-order valence-corrected chi connectivity index (χ1v) is 6.46. The Bertz CT molecular complexity index is 635. The minimum absolute atomic E-state index is 0.0286. The fourth-order valence-electron chi connectivity index (χ4n) is 1.94. The van der Waals surface area contributed by atoms with Crippen LogP contribution in [-0.2, 0) is 0 Å². The molecule has 0 bridgehead atoms. The van der Waals surface area contributed by atoms with Crippen LogP contribution in [0.25, 0.3) is 0 Å². The third kappa shape index (κ3) is 2.82. The van der Waals surface area contributed by atoms with Gasteiger partial charge in [0.1, 0.15) is 17.1 Å². The number of benzene rings is 1. The largest absolute Gasteiger partial charge is 0.361 e. The molecule has 4 nitrogen and oxygen atoms in total. The lowest BCUT2D eigenvalue weighted by molar-refractivity contribution is 0.0938. The monoisotopic (exact) mass is 296 g/mol. The van der Waals surface area contributed by atoms with E-state index in [4.69, 9.17) is 16.1 Å². The van der Waals surface area contributed by atoms with Crippen molar-refractivity contribution in [2.75, 3.05) is 0 Å². The maximum atomic E-state index is 13.1. The fourth-order valence-corrected chi connectivity index (χ4v) is 2.13. The van der Waals surface area contributed by atoms with E-state index < -0.39 is 5.82 Å². The zero-order chi connectivity index (χ0) is 14.9. The summed E-state index contributed by atoms with van der Waals surface area (Å²) in [5.41, 5.74) is 1.67. The molecule has 0 aliphatic heterocycles. The quantitative estimate of drug-likeness (QED) is 0.942. The number of halogens is 2. The van der Waals surface area contributed by atoms with Gasteiger partial charge in [-0.05, 0) is 38.5 Å². The SMILES string of the molecule is Cc1noc(C)c1C(=O)NC(C)c1ccc(F)c(Cl)c1. The van der Waals surface area contributed by atoms with Crippen molar-refractivity contribution in [2.24, 2.45) is 0 Å². The van der Waals surface area contributed by atoms with Gasteiger partial charge in [0.2, 0.25) is 0 Å². The van der Waals surface area contributed by atoms with Crippen molar-refractivity contribution in [3.63, 3.8) is 0 Å². The maximum Gasteiger partial charge on any atom is 0.257 e. The van der Waals surface area contributed by atoms with Crippen LogP contribution in [0.3, 0.4) is 0 Å². The van der Waals surface area contributed by atoms with Crippen LogP contribution in [0.2, 0.25) is 5.02 Å². The van der Waals surface area contributed by atoms with Gasteiger partial charge < -0.3 is 9.84 Å². The van der Waals surface area contributed by atoms with Gasteiger partial charge in [-0.3, -0.25) is 4.79 Å². The molecule has 0 spiro atoms. The summed E-state index contributed by atoms with van der Waals surface area (Å²) in [7, 11) is 0. The maximum absolute atomic E-state index is 13.1. The second-order valence-electron chi connectivity index (χ2n) is 4.57. The number of amides is 1. The Morgan fingerprint density at radius 1 is 1.45 bits per heavy atom. The number of nitrogens with one attached hydrogen (secondary N) is 1. The summed E-state index contributed by atoms with van der Waals surface area (Å²) in [5.74, 6) is -0.307. The van der Waals surface area contributed by atoms with Gasteiger partial charge in [-0.2, -0.15) is 0 Å². The number of aryl methyl sites for hydroxylation is 2. The molecular weight excluding hydrogens is 283 g/mol. The van der Waals surface area contributed by atoms with Crippen LogP contribution in [0.4, 0.5) is 4.39 Å². The molecule has 0 saturated carbocycles. The van der Waals surface area contributed by atoms with Gasteiger partial charge in [-0.1, -0.05) is 22.8 Å². The number of carbonyl (C=O) groups is 1. The Hall–Kier alpha value is -1.88. The van der Waals surface area contributed by atoms with Crippen LogP contribution in [0, 0.1) is 19.7 Å². The highest BCUT2D eigenvalue weighted by molar-refractivity contribution is 6.30. The zero-order valence-corrected chi connectivity index (χ0v) is 12.1. The molecular formula is C14H14ClFN2O2. The summed E-state index contributed by atoms with van der Waals surface area (Å²) < 4.78 is 18.1. The Morgan fingerprint density at radius 3 is 2.70 bits per heavy atom. The Morgan fingerprint density at radius 2 is 2.15 bits per heavy atom. The smallest absolute Gasteiger partial charge is 0.257 e. The number of nitrogens with zero attached hydrogens (tertiary/aromatic N) is 1. The van der Waals surface area contributed by atoms with E-state index in [1.165, 1.54) is 12.1 Å². The van der Waals surface area contributed by atoms with Crippen molar-refractivity contribution in [1.29, 1.82) is 0 Å². The van der Waals surface area contributed by atoms with E-state index in [-0.39, 0.29) is 17.0 Å². The van der Waals surface area contributed by atoms with Gasteiger partial charge in [0.25, 0.3) is 5.91 Å². The average molecular weight is 297 g/mol. The second kappa shape index (κ2) is 5.63. The molecule has 1 aromatic heterocycles. The molecule has 1 heterocycles. The predicted octanol–water partition coefficient (Wildman–Crippen LogP) is 3.57. The predicted molar refractivity (Wildman–Crippen MR) is 73.3 cm³/mol. The summed E-state index contributed by atoms with van der Waals surface area (Å²) in [6.45, 7) is 5.17. The molecule has 1 aromatic carbocycles. The van der Waals surface area contributed by atoms with Gasteiger partial charge >= 0.3 is 0 Å². The molecule has 1 unspecified atom stereocenters. The molecule has 0 radical (unpaired) electrons. The average Bonchev–Trinajstić information content (AvgIpc) is 2.72. The van der Waals surface area contributed by atoms with E-state index in [9.17, 15) is 9.18 Å². The van der Waals surface area contributed by atoms with Crippen molar-refractivity contribution in [3.05, 3.63) is 51.6 Å². The summed E-state index contributed by atoms with van der Waals surface area (Å²) in [5, 5.41) is 6.57. The highest BCUT2D eigenvalue weighted by atomic mass is 35.5. The van der Waals surface area contributed by atoms with E-state index in [0.29, 0.717) is 17.0 Å². The Labute approximate surface area is 120 Å². The molecule has 1 N–H and O–H groups in total. The van der Waals surface area contributed by atoms with E-state index >= 15 is 0 Å². The zero-order valence-electron chi connectivity index (χ0n) is 11.3. The lowest BCUT2D eigenvalue weighted by atomic mass is 10.1. The first kappa shape index (κ1) is 14.5.